The number of nitrogens with zero attached hydrogens (tertiary/aromatic N) is 3. The quantitative estimate of drug-likeness (QED) is 0.152. The van der Waals surface area contributed by atoms with Crippen molar-refractivity contribution in [3.8, 4) is 0 Å². The summed E-state index contributed by atoms with van der Waals surface area (Å²) in [6.07, 6.45) is 4.34. The maximum absolute atomic E-state index is 13.1. The van der Waals surface area contributed by atoms with Crippen molar-refractivity contribution in [2.24, 2.45) is 10.6 Å². The number of anilines is 1. The molecule has 1 aromatic rings. The summed E-state index contributed by atoms with van der Waals surface area (Å²) in [6.45, 7) is 6.38. The van der Waals surface area contributed by atoms with Gasteiger partial charge < -0.3 is 25.4 Å². The van der Waals surface area contributed by atoms with Gasteiger partial charge in [-0.25, -0.2) is 9.78 Å². The molecule has 200 valence electrons. The molecular weight excluding hydrogens is 522 g/mol. The fourth-order valence-corrected chi connectivity index (χ4v) is 5.21. The number of nitrogens with one attached hydrogen (secondary N) is 1. The first kappa shape index (κ1) is 28.2. The van der Waals surface area contributed by atoms with Crippen molar-refractivity contribution < 1.29 is 33.5 Å². The van der Waals surface area contributed by atoms with Gasteiger partial charge in [0, 0.05) is 11.1 Å². The monoisotopic (exact) mass is 551 g/mol. The molecule has 2 aliphatic heterocycles. The van der Waals surface area contributed by atoms with E-state index in [1.807, 2.05) is 13.0 Å². The fourth-order valence-electron chi connectivity index (χ4n) is 3.34. The number of fused-ring (bicyclic) bond motifs is 1. The summed E-state index contributed by atoms with van der Waals surface area (Å²) in [4.78, 5) is 61.2. The molecule has 37 heavy (non-hydrogen) atoms. The number of carbonyl (C=O) groups excluding carboxylic acids is 4. The van der Waals surface area contributed by atoms with Gasteiger partial charge in [-0.05, 0) is 32.8 Å². The first-order valence-corrected chi connectivity index (χ1v) is 13.2. The molecule has 12 nitrogen and oxygen atoms in total. The first-order chi connectivity index (χ1) is 17.5. The Balaban J connectivity index is 1.76. The van der Waals surface area contributed by atoms with Crippen LogP contribution in [0.1, 0.15) is 39.8 Å². The van der Waals surface area contributed by atoms with E-state index < -0.39 is 47.4 Å². The lowest BCUT2D eigenvalue weighted by atomic mass is 9.98. The molecule has 3 rings (SSSR count). The van der Waals surface area contributed by atoms with Crippen LogP contribution >= 0.6 is 23.1 Å². The molecular formula is C23H29N5O7S2. The number of nitrogens with two attached hydrogens (primary N) is 1. The van der Waals surface area contributed by atoms with E-state index in [0.29, 0.717) is 11.3 Å². The second kappa shape index (κ2) is 11.8. The van der Waals surface area contributed by atoms with Crippen LogP contribution in [0.2, 0.25) is 0 Å². The molecule has 0 aromatic carbocycles. The van der Waals surface area contributed by atoms with Gasteiger partial charge in [0.25, 0.3) is 11.8 Å². The fraction of sp³-hybridized carbons (Fsp3) is 0.478. The predicted molar refractivity (Wildman–Crippen MR) is 138 cm³/mol. The molecule has 1 saturated heterocycles. The Labute approximate surface area is 222 Å². The molecule has 3 N–H and O–H groups in total. The van der Waals surface area contributed by atoms with Crippen molar-refractivity contribution in [2.45, 2.75) is 45.5 Å². The van der Waals surface area contributed by atoms with Gasteiger partial charge in [0.15, 0.2) is 10.8 Å². The highest BCUT2D eigenvalue weighted by atomic mass is 32.2. The first-order valence-electron chi connectivity index (χ1n) is 11.3. The molecule has 0 spiro atoms. The molecule has 14 heteroatoms. The van der Waals surface area contributed by atoms with Crippen molar-refractivity contribution in [1.29, 1.82) is 0 Å². The number of β-lactam (4-membered cyclic amide) rings is 1. The maximum atomic E-state index is 13.1. The van der Waals surface area contributed by atoms with Crippen LogP contribution in [0.3, 0.4) is 0 Å². The number of allylic oxidation sites excluding steroid dienone is 2. The largest absolute Gasteiger partial charge is 0.427 e. The lowest BCUT2D eigenvalue weighted by molar-refractivity contribution is -0.173. The number of hydrogen-bond donors (Lipinski definition) is 2. The standard InChI is InChI=1S/C23H29N5O7S2/c1-6-7-8-12-9-36-19-15(26-17(29)14(27-33-5)13-10-37-22(24)25-13)18(30)28(19)16(12)20(31)34-11-35-21(32)23(2,3)4/h7-8,10,15,19H,6,9,11H2,1-5H3,(H2,24,25)(H,26,29)/b8-7-,27-14-/t15?,19-/m0/s1. The molecule has 1 aromatic heterocycles. The Morgan fingerprint density at radius 1 is 1.32 bits per heavy atom. The second-order valence-corrected chi connectivity index (χ2v) is 11.0. The molecule has 0 saturated carbocycles. The zero-order chi connectivity index (χ0) is 27.3. The molecule has 2 atom stereocenters. The van der Waals surface area contributed by atoms with Crippen LogP contribution in [-0.2, 0) is 33.5 Å². The Hall–Kier alpha value is -3.39. The molecule has 0 bridgehead atoms. The minimum atomic E-state index is -0.922. The minimum absolute atomic E-state index is 0.0498. The van der Waals surface area contributed by atoms with E-state index >= 15 is 0 Å². The molecule has 0 aliphatic carbocycles. The number of hydrogen-bond acceptors (Lipinski definition) is 12. The topological polar surface area (TPSA) is 163 Å². The molecule has 2 amide bonds. The highest BCUT2D eigenvalue weighted by molar-refractivity contribution is 8.00. The summed E-state index contributed by atoms with van der Waals surface area (Å²) >= 11 is 2.52. The van der Waals surface area contributed by atoms with E-state index in [9.17, 15) is 19.2 Å². The third-order valence-corrected chi connectivity index (χ3v) is 7.16. The van der Waals surface area contributed by atoms with Gasteiger partial charge in [-0.3, -0.25) is 19.3 Å². The number of aromatic nitrogens is 1. The number of rotatable bonds is 9. The maximum Gasteiger partial charge on any atom is 0.358 e. The average molecular weight is 552 g/mol. The van der Waals surface area contributed by atoms with Gasteiger partial charge in [0.05, 0.1) is 5.41 Å². The molecule has 3 heterocycles. The number of thiazole rings is 1. The van der Waals surface area contributed by atoms with Gasteiger partial charge in [-0.15, -0.1) is 23.1 Å². The lowest BCUT2D eigenvalue weighted by Gasteiger charge is -2.49. The zero-order valence-electron chi connectivity index (χ0n) is 21.1. The summed E-state index contributed by atoms with van der Waals surface area (Å²) < 4.78 is 10.2. The van der Waals surface area contributed by atoms with Crippen molar-refractivity contribution in [3.63, 3.8) is 0 Å². The van der Waals surface area contributed by atoms with Gasteiger partial charge in [0.2, 0.25) is 6.79 Å². The summed E-state index contributed by atoms with van der Waals surface area (Å²) in [5.41, 5.74) is 5.61. The lowest BCUT2D eigenvalue weighted by Crippen LogP contribution is -2.71. The smallest absolute Gasteiger partial charge is 0.358 e. The number of esters is 2. The Morgan fingerprint density at radius 3 is 2.65 bits per heavy atom. The molecule has 0 radical (unpaired) electrons. The van der Waals surface area contributed by atoms with E-state index in [1.165, 1.54) is 23.8 Å². The number of ether oxygens (including phenoxy) is 2. The highest BCUT2D eigenvalue weighted by Crippen LogP contribution is 2.41. The third-order valence-electron chi connectivity index (χ3n) is 5.19. The molecule has 1 unspecified atom stereocenters. The van der Waals surface area contributed by atoms with E-state index in [0.717, 1.165) is 17.8 Å². The van der Waals surface area contributed by atoms with Crippen molar-refractivity contribution in [1.82, 2.24) is 15.2 Å². The summed E-state index contributed by atoms with van der Waals surface area (Å²) in [7, 11) is 1.28. The normalized spacial score (nSPS) is 19.9. The van der Waals surface area contributed by atoms with Crippen LogP contribution in [-0.4, -0.2) is 70.4 Å². The van der Waals surface area contributed by atoms with Crippen LogP contribution in [0.15, 0.2) is 34.0 Å². The third kappa shape index (κ3) is 6.31. The van der Waals surface area contributed by atoms with Crippen molar-refractivity contribution >= 4 is 57.7 Å². The van der Waals surface area contributed by atoms with Crippen molar-refractivity contribution in [3.05, 3.63) is 34.5 Å². The predicted octanol–water partition coefficient (Wildman–Crippen LogP) is 1.79. The van der Waals surface area contributed by atoms with Gasteiger partial charge in [0.1, 0.15) is 29.9 Å². The van der Waals surface area contributed by atoms with Crippen LogP contribution in [0.4, 0.5) is 5.13 Å². The number of nitrogen functional groups attached to an aromatic ring is 1. The van der Waals surface area contributed by atoms with Gasteiger partial charge in [-0.2, -0.15) is 0 Å². The van der Waals surface area contributed by atoms with Crippen LogP contribution in [0, 0.1) is 5.41 Å². The van der Waals surface area contributed by atoms with Crippen LogP contribution in [0.25, 0.3) is 0 Å². The van der Waals surface area contributed by atoms with Crippen LogP contribution in [0.5, 0.6) is 0 Å². The van der Waals surface area contributed by atoms with Crippen LogP contribution < -0.4 is 11.1 Å². The Bertz CT molecular complexity index is 1170. The van der Waals surface area contributed by atoms with Crippen molar-refractivity contribution in [2.75, 3.05) is 25.4 Å². The van der Waals surface area contributed by atoms with E-state index in [2.05, 4.69) is 15.5 Å². The minimum Gasteiger partial charge on any atom is -0.427 e. The van der Waals surface area contributed by atoms with E-state index in [4.69, 9.17) is 20.0 Å². The highest BCUT2D eigenvalue weighted by Gasteiger charge is 2.54. The Morgan fingerprint density at radius 2 is 2.05 bits per heavy atom. The van der Waals surface area contributed by atoms with E-state index in [1.54, 1.807) is 32.2 Å². The number of carbonyl (C=O) groups is 4. The van der Waals surface area contributed by atoms with Gasteiger partial charge >= 0.3 is 11.9 Å². The zero-order valence-corrected chi connectivity index (χ0v) is 22.7. The summed E-state index contributed by atoms with van der Waals surface area (Å²) in [5.74, 6) is -2.12. The Kier molecular flexibility index (Phi) is 8.97. The SMILES string of the molecule is CC/C=C\C1=C(C(=O)OCOC(=O)C(C)(C)C)N2C(=O)C(NC(=O)/C(=N\OC)c3csc(N)n3)[C@@H]2SC1. The second-order valence-electron chi connectivity index (χ2n) is 8.97. The van der Waals surface area contributed by atoms with Gasteiger partial charge in [-0.1, -0.05) is 24.2 Å². The molecule has 1 fully saturated rings. The summed E-state index contributed by atoms with van der Waals surface area (Å²) in [6, 6.07) is -0.922. The number of amides is 2. The van der Waals surface area contributed by atoms with E-state index in [-0.39, 0.29) is 22.2 Å². The average Bonchev–Trinajstić information content (AvgIpc) is 3.28. The molecule has 2 aliphatic rings. The number of oxime groups is 1. The summed E-state index contributed by atoms with van der Waals surface area (Å²) in [5, 5.41) is 7.62. The number of thioether (sulfide) groups is 1.